The monoisotopic (exact) mass is 450 g/mol. The topological polar surface area (TPSA) is 50.2 Å². The van der Waals surface area contributed by atoms with Crippen LogP contribution in [0.2, 0.25) is 0 Å². The number of hydrogen-bond donors (Lipinski definition) is 1. The summed E-state index contributed by atoms with van der Waals surface area (Å²) in [5.41, 5.74) is 1.95. The second-order valence-electron chi connectivity index (χ2n) is 8.13. The Bertz CT molecular complexity index is 1170. The predicted molar refractivity (Wildman–Crippen MR) is 128 cm³/mol. The van der Waals surface area contributed by atoms with Crippen LogP contribution in [0.4, 0.5) is 0 Å². The van der Waals surface area contributed by atoms with Crippen LogP contribution in [0.25, 0.3) is 15.9 Å². The van der Waals surface area contributed by atoms with Crippen molar-refractivity contribution in [2.75, 3.05) is 13.1 Å². The highest BCUT2D eigenvalue weighted by atomic mass is 32.1. The summed E-state index contributed by atoms with van der Waals surface area (Å²) in [5, 5.41) is 11.1. The quantitative estimate of drug-likeness (QED) is 0.427. The number of aryl methyl sites for hydroxylation is 1. The number of carbonyl (C=O) groups is 1. The number of benzene rings is 1. The molecule has 31 heavy (non-hydrogen) atoms. The summed E-state index contributed by atoms with van der Waals surface area (Å²) in [6.07, 6.45) is 2.46. The lowest BCUT2D eigenvalue weighted by atomic mass is 10.1. The molecule has 3 aromatic heterocycles. The first-order chi connectivity index (χ1) is 15.1. The van der Waals surface area contributed by atoms with Crippen molar-refractivity contribution >= 4 is 38.8 Å². The molecule has 7 heteroatoms. The molecule has 1 aliphatic rings. The van der Waals surface area contributed by atoms with Gasteiger partial charge in [0.1, 0.15) is 4.83 Å². The maximum Gasteiger partial charge on any atom is 0.261 e. The number of amides is 1. The van der Waals surface area contributed by atoms with E-state index in [1.807, 2.05) is 48.0 Å². The molecule has 0 unspecified atom stereocenters. The van der Waals surface area contributed by atoms with Gasteiger partial charge in [-0.25, -0.2) is 4.68 Å². The molecule has 160 valence electrons. The third-order valence-corrected chi connectivity index (χ3v) is 8.02. The van der Waals surface area contributed by atoms with E-state index in [9.17, 15) is 4.79 Å². The fourth-order valence-corrected chi connectivity index (χ4v) is 6.53. The number of rotatable bonds is 6. The lowest BCUT2D eigenvalue weighted by Gasteiger charge is -2.32. The zero-order valence-corrected chi connectivity index (χ0v) is 19.4. The van der Waals surface area contributed by atoms with Crippen LogP contribution < -0.4 is 5.32 Å². The first-order valence-electron chi connectivity index (χ1n) is 10.7. The molecule has 1 amide bonds. The molecular formula is C24H26N4OS2. The molecule has 4 heterocycles. The van der Waals surface area contributed by atoms with Gasteiger partial charge in [0.15, 0.2) is 0 Å². The highest BCUT2D eigenvalue weighted by Gasteiger charge is 2.30. The second kappa shape index (κ2) is 8.57. The Morgan fingerprint density at radius 1 is 1.13 bits per heavy atom. The van der Waals surface area contributed by atoms with Crippen LogP contribution in [-0.4, -0.2) is 39.7 Å². The van der Waals surface area contributed by atoms with Gasteiger partial charge in [0.25, 0.3) is 5.91 Å². The minimum absolute atomic E-state index is 0.00605. The molecule has 1 aliphatic heterocycles. The Kier molecular flexibility index (Phi) is 5.65. The largest absolute Gasteiger partial charge is 0.347 e. The van der Waals surface area contributed by atoms with Gasteiger partial charge in [-0.1, -0.05) is 24.3 Å². The number of aromatic nitrogens is 2. The van der Waals surface area contributed by atoms with E-state index in [0.717, 1.165) is 39.6 Å². The van der Waals surface area contributed by atoms with Crippen LogP contribution in [-0.2, 0) is 0 Å². The summed E-state index contributed by atoms with van der Waals surface area (Å²) in [6.45, 7) is 6.32. The first-order valence-corrected chi connectivity index (χ1v) is 12.4. The van der Waals surface area contributed by atoms with Crippen molar-refractivity contribution in [1.29, 1.82) is 0 Å². The van der Waals surface area contributed by atoms with Crippen molar-refractivity contribution in [2.45, 2.75) is 38.8 Å². The highest BCUT2D eigenvalue weighted by molar-refractivity contribution is 7.20. The Morgan fingerprint density at radius 2 is 1.90 bits per heavy atom. The highest BCUT2D eigenvalue weighted by Crippen LogP contribution is 2.33. The van der Waals surface area contributed by atoms with E-state index in [-0.39, 0.29) is 18.0 Å². The smallest absolute Gasteiger partial charge is 0.261 e. The van der Waals surface area contributed by atoms with Crippen molar-refractivity contribution in [3.63, 3.8) is 0 Å². The summed E-state index contributed by atoms with van der Waals surface area (Å²) < 4.78 is 1.94. The van der Waals surface area contributed by atoms with Crippen LogP contribution in [0.5, 0.6) is 0 Å². The second-order valence-corrected chi connectivity index (χ2v) is 10.1. The summed E-state index contributed by atoms with van der Waals surface area (Å²) >= 11 is 3.28. The van der Waals surface area contributed by atoms with Crippen molar-refractivity contribution < 1.29 is 4.79 Å². The summed E-state index contributed by atoms with van der Waals surface area (Å²) in [7, 11) is 0. The number of carbonyl (C=O) groups excluding carboxylic acids is 1. The molecule has 1 aromatic carbocycles. The molecular weight excluding hydrogens is 424 g/mol. The van der Waals surface area contributed by atoms with Crippen molar-refractivity contribution in [2.24, 2.45) is 0 Å². The van der Waals surface area contributed by atoms with E-state index >= 15 is 0 Å². The van der Waals surface area contributed by atoms with Crippen LogP contribution >= 0.6 is 22.7 Å². The van der Waals surface area contributed by atoms with Gasteiger partial charge in [0.2, 0.25) is 0 Å². The Balaban J connectivity index is 1.41. The molecule has 1 saturated heterocycles. The van der Waals surface area contributed by atoms with Crippen LogP contribution in [0, 0.1) is 6.92 Å². The molecule has 0 spiro atoms. The number of para-hydroxylation sites is 1. The molecule has 5 rings (SSSR count). The molecule has 1 fully saturated rings. The third-order valence-electron chi connectivity index (χ3n) is 5.97. The Labute approximate surface area is 190 Å². The molecule has 0 aliphatic carbocycles. The number of hydrogen-bond acceptors (Lipinski definition) is 5. The lowest BCUT2D eigenvalue weighted by molar-refractivity contribution is 0.0912. The van der Waals surface area contributed by atoms with Gasteiger partial charge in [-0.15, -0.1) is 22.7 Å². The van der Waals surface area contributed by atoms with E-state index in [0.29, 0.717) is 0 Å². The van der Waals surface area contributed by atoms with Gasteiger partial charge in [-0.2, -0.15) is 5.10 Å². The minimum atomic E-state index is -0.00605. The minimum Gasteiger partial charge on any atom is -0.347 e. The van der Waals surface area contributed by atoms with Crippen molar-refractivity contribution in [1.82, 2.24) is 20.0 Å². The van der Waals surface area contributed by atoms with E-state index in [2.05, 4.69) is 39.8 Å². The zero-order valence-electron chi connectivity index (χ0n) is 17.7. The number of thiophene rings is 2. The fourth-order valence-electron chi connectivity index (χ4n) is 4.48. The van der Waals surface area contributed by atoms with Crippen LogP contribution in [0.1, 0.15) is 46.0 Å². The Morgan fingerprint density at radius 3 is 2.61 bits per heavy atom. The zero-order chi connectivity index (χ0) is 21.4. The van der Waals surface area contributed by atoms with Gasteiger partial charge in [0.05, 0.1) is 22.3 Å². The SMILES string of the molecule is Cc1nn(-c2ccccc2)c2sc(C(=O)N[C@@H](C)[C@H](c3cccs3)N3CCCC3)cc12. The van der Waals surface area contributed by atoms with E-state index in [1.165, 1.54) is 29.1 Å². The maximum absolute atomic E-state index is 13.2. The fraction of sp³-hybridized carbons (Fsp3) is 0.333. The average Bonchev–Trinajstić information content (AvgIpc) is 3.56. The number of nitrogens with zero attached hydrogens (tertiary/aromatic N) is 3. The van der Waals surface area contributed by atoms with Gasteiger partial charge in [-0.3, -0.25) is 9.69 Å². The predicted octanol–water partition coefficient (Wildman–Crippen LogP) is 5.41. The number of fused-ring (bicyclic) bond motifs is 1. The molecule has 2 atom stereocenters. The molecule has 5 nitrogen and oxygen atoms in total. The summed E-state index contributed by atoms with van der Waals surface area (Å²) in [5.74, 6) is -0.00605. The van der Waals surface area contributed by atoms with Gasteiger partial charge >= 0.3 is 0 Å². The Hall–Kier alpha value is -2.48. The van der Waals surface area contributed by atoms with Gasteiger partial charge in [0, 0.05) is 16.3 Å². The molecule has 0 radical (unpaired) electrons. The molecule has 0 bridgehead atoms. The van der Waals surface area contributed by atoms with E-state index in [4.69, 9.17) is 0 Å². The van der Waals surface area contributed by atoms with Crippen LogP contribution in [0.3, 0.4) is 0 Å². The van der Waals surface area contributed by atoms with Gasteiger partial charge < -0.3 is 5.32 Å². The number of likely N-dealkylation sites (tertiary alicyclic amines) is 1. The average molecular weight is 451 g/mol. The normalized spacial score (nSPS) is 16.6. The lowest BCUT2D eigenvalue weighted by Crippen LogP contribution is -2.43. The molecule has 0 saturated carbocycles. The van der Waals surface area contributed by atoms with Crippen LogP contribution in [0.15, 0.2) is 53.9 Å². The maximum atomic E-state index is 13.2. The first kappa shape index (κ1) is 20.4. The molecule has 4 aromatic rings. The van der Waals surface area contributed by atoms with E-state index in [1.54, 1.807) is 11.3 Å². The van der Waals surface area contributed by atoms with E-state index < -0.39 is 0 Å². The van der Waals surface area contributed by atoms with Gasteiger partial charge in [-0.05, 0) is 69.4 Å². The molecule has 1 N–H and O–H groups in total. The number of nitrogens with one attached hydrogen (secondary N) is 1. The van der Waals surface area contributed by atoms with Crippen molar-refractivity contribution in [3.05, 3.63) is 69.4 Å². The third kappa shape index (κ3) is 3.93. The summed E-state index contributed by atoms with van der Waals surface area (Å²) in [4.78, 5) is 18.8. The summed E-state index contributed by atoms with van der Waals surface area (Å²) in [6, 6.07) is 16.6. The van der Waals surface area contributed by atoms with Crippen molar-refractivity contribution in [3.8, 4) is 5.69 Å². The standard InChI is InChI=1S/C24H26N4OS2/c1-16-19-15-21(31-24(19)28(26-16)18-9-4-3-5-10-18)23(29)25-17(2)22(20-11-8-14-30-20)27-12-6-7-13-27/h3-5,8-11,14-15,17,22H,6-7,12-13H2,1-2H3,(H,25,29)/t17-,22+/m0/s1.